The van der Waals surface area contributed by atoms with Crippen LogP contribution in [0.3, 0.4) is 0 Å². The van der Waals surface area contributed by atoms with Gasteiger partial charge in [0.15, 0.2) is 0 Å². The highest BCUT2D eigenvalue weighted by Crippen LogP contribution is 2.69. The van der Waals surface area contributed by atoms with E-state index in [9.17, 15) is 14.0 Å². The fourth-order valence-electron chi connectivity index (χ4n) is 5.18. The first-order chi connectivity index (χ1) is 15.9. The number of halogens is 2. The number of fused-ring (bicyclic) bond motifs is 1. The molecule has 0 spiro atoms. The minimum Gasteiger partial charge on any atom is -0.312 e. The number of imidazole rings is 1. The van der Waals surface area contributed by atoms with Crippen molar-refractivity contribution in [3.05, 3.63) is 65.8 Å². The zero-order valence-corrected chi connectivity index (χ0v) is 17.7. The molecule has 0 aliphatic heterocycles. The van der Waals surface area contributed by atoms with E-state index in [4.69, 9.17) is 0 Å². The maximum atomic E-state index is 13.7. The smallest absolute Gasteiger partial charge is 0.150 e. The molecular formula is C23H20F2N8. The molecule has 166 valence electrons. The molecule has 7 rings (SSSR count). The van der Waals surface area contributed by atoms with E-state index in [1.54, 1.807) is 10.9 Å². The van der Waals surface area contributed by atoms with Gasteiger partial charge in [0, 0.05) is 31.0 Å². The van der Waals surface area contributed by atoms with Gasteiger partial charge in [-0.1, -0.05) is 11.3 Å². The van der Waals surface area contributed by atoms with E-state index in [-0.39, 0.29) is 11.1 Å². The first kappa shape index (κ1) is 19.9. The standard InChI is InChI=1S/C23H20F2N8/c24-16-3-18(19(4-26)28-6-16)20-10-33(31-30-20)9-17-8-32-7-15(1-2-21(32)29-17)5-27-14-22-11-23(25,12-22)13-22/h1-3,6-8,10,27H,5,9,11-14H2. The fraction of sp³-hybridized carbons (Fsp3) is 0.348. The Balaban J connectivity index is 1.13. The summed E-state index contributed by atoms with van der Waals surface area (Å²) in [4.78, 5) is 8.42. The SMILES string of the molecule is N#Cc1ncc(F)cc1-c1cn(Cc2cn3cc(CNCC45CC(F)(C4)C5)ccc3n2)nn1. The summed E-state index contributed by atoms with van der Waals surface area (Å²) in [6.07, 6.45) is 8.71. The largest absolute Gasteiger partial charge is 0.312 e. The van der Waals surface area contributed by atoms with Gasteiger partial charge in [-0.3, -0.25) is 0 Å². The third kappa shape index (κ3) is 3.54. The van der Waals surface area contributed by atoms with Crippen molar-refractivity contribution < 1.29 is 8.78 Å². The molecule has 0 unspecified atom stereocenters. The minimum absolute atomic E-state index is 0.0931. The molecule has 2 bridgehead atoms. The molecule has 4 heterocycles. The summed E-state index contributed by atoms with van der Waals surface area (Å²) in [5.74, 6) is -0.542. The van der Waals surface area contributed by atoms with E-state index in [1.807, 2.05) is 35.0 Å². The van der Waals surface area contributed by atoms with Gasteiger partial charge in [0.1, 0.15) is 34.6 Å². The van der Waals surface area contributed by atoms with Gasteiger partial charge in [0.2, 0.25) is 0 Å². The maximum Gasteiger partial charge on any atom is 0.150 e. The van der Waals surface area contributed by atoms with Gasteiger partial charge >= 0.3 is 0 Å². The number of pyridine rings is 2. The lowest BCUT2D eigenvalue weighted by Gasteiger charge is -2.66. The third-order valence-electron chi connectivity index (χ3n) is 6.57. The molecule has 0 atom stereocenters. The lowest BCUT2D eigenvalue weighted by atomic mass is 9.42. The molecule has 0 saturated heterocycles. The molecule has 0 amide bonds. The molecule has 3 aliphatic rings. The molecule has 4 aromatic rings. The normalized spacial score (nSPS) is 23.2. The van der Waals surface area contributed by atoms with Gasteiger partial charge in [-0.05, 0) is 42.4 Å². The quantitative estimate of drug-likeness (QED) is 0.469. The topological polar surface area (TPSA) is 96.7 Å². The van der Waals surface area contributed by atoms with Crippen LogP contribution in [0.15, 0.2) is 43.0 Å². The average Bonchev–Trinajstić information content (AvgIpc) is 3.38. The Labute approximate surface area is 187 Å². The molecule has 0 radical (unpaired) electrons. The van der Waals surface area contributed by atoms with Crippen LogP contribution in [0, 0.1) is 22.6 Å². The Morgan fingerprint density at radius 3 is 2.82 bits per heavy atom. The highest BCUT2D eigenvalue weighted by Gasteiger charge is 2.68. The summed E-state index contributed by atoms with van der Waals surface area (Å²) >= 11 is 0. The number of nitrogens with one attached hydrogen (secondary N) is 1. The van der Waals surface area contributed by atoms with Crippen LogP contribution in [-0.4, -0.2) is 41.6 Å². The van der Waals surface area contributed by atoms with E-state index in [0.29, 0.717) is 37.1 Å². The van der Waals surface area contributed by atoms with Crippen LogP contribution in [0.2, 0.25) is 0 Å². The maximum absolute atomic E-state index is 13.7. The van der Waals surface area contributed by atoms with Crippen LogP contribution in [-0.2, 0) is 13.1 Å². The molecule has 3 saturated carbocycles. The Hall–Kier alpha value is -3.71. The molecule has 3 aliphatic carbocycles. The van der Waals surface area contributed by atoms with E-state index in [1.165, 1.54) is 6.07 Å². The Morgan fingerprint density at radius 2 is 2.03 bits per heavy atom. The van der Waals surface area contributed by atoms with Crippen molar-refractivity contribution in [3.8, 4) is 17.3 Å². The van der Waals surface area contributed by atoms with Gasteiger partial charge < -0.3 is 9.72 Å². The van der Waals surface area contributed by atoms with Crippen LogP contribution in [0.25, 0.3) is 16.9 Å². The van der Waals surface area contributed by atoms with Crippen LogP contribution >= 0.6 is 0 Å². The summed E-state index contributed by atoms with van der Waals surface area (Å²) in [6.45, 7) is 1.95. The average molecular weight is 446 g/mol. The van der Waals surface area contributed by atoms with Gasteiger partial charge in [-0.25, -0.2) is 23.4 Å². The van der Waals surface area contributed by atoms with Crippen molar-refractivity contribution in [1.29, 1.82) is 5.26 Å². The van der Waals surface area contributed by atoms with Crippen molar-refractivity contribution >= 4 is 5.65 Å². The first-order valence-corrected chi connectivity index (χ1v) is 10.8. The van der Waals surface area contributed by atoms with Crippen LogP contribution in [0.5, 0.6) is 0 Å². The molecule has 33 heavy (non-hydrogen) atoms. The van der Waals surface area contributed by atoms with E-state index in [0.717, 1.165) is 36.2 Å². The van der Waals surface area contributed by atoms with Crippen molar-refractivity contribution in [1.82, 2.24) is 34.7 Å². The summed E-state index contributed by atoms with van der Waals surface area (Å²) in [5, 5.41) is 20.8. The van der Waals surface area contributed by atoms with Crippen molar-refractivity contribution in [2.75, 3.05) is 6.54 Å². The highest BCUT2D eigenvalue weighted by molar-refractivity contribution is 5.64. The summed E-state index contributed by atoms with van der Waals surface area (Å²) < 4.78 is 30.8. The summed E-state index contributed by atoms with van der Waals surface area (Å²) in [5.41, 5.74) is 2.83. The molecule has 4 aromatic heterocycles. The Bertz CT molecular complexity index is 1400. The van der Waals surface area contributed by atoms with E-state index in [2.05, 4.69) is 25.6 Å². The number of nitriles is 1. The molecule has 3 fully saturated rings. The minimum atomic E-state index is -0.856. The number of hydrogen-bond donors (Lipinski definition) is 1. The highest BCUT2D eigenvalue weighted by atomic mass is 19.1. The van der Waals surface area contributed by atoms with Gasteiger partial charge in [0.05, 0.1) is 24.6 Å². The number of hydrogen-bond acceptors (Lipinski definition) is 6. The second-order valence-corrected chi connectivity index (χ2v) is 9.28. The number of rotatable bonds is 7. The monoisotopic (exact) mass is 446 g/mol. The molecule has 0 aromatic carbocycles. The van der Waals surface area contributed by atoms with Crippen molar-refractivity contribution in [2.24, 2.45) is 5.41 Å². The fourth-order valence-corrected chi connectivity index (χ4v) is 5.18. The van der Waals surface area contributed by atoms with Gasteiger partial charge in [-0.2, -0.15) is 5.26 Å². The van der Waals surface area contributed by atoms with Crippen molar-refractivity contribution in [3.63, 3.8) is 0 Å². The zero-order valence-electron chi connectivity index (χ0n) is 17.7. The first-order valence-electron chi connectivity index (χ1n) is 10.8. The summed E-state index contributed by atoms with van der Waals surface area (Å²) in [6, 6.07) is 7.16. The summed E-state index contributed by atoms with van der Waals surface area (Å²) in [7, 11) is 0. The van der Waals surface area contributed by atoms with E-state index >= 15 is 0 Å². The predicted octanol–water partition coefficient (Wildman–Crippen LogP) is 3.03. The van der Waals surface area contributed by atoms with Gasteiger partial charge in [-0.15, -0.1) is 5.10 Å². The Morgan fingerprint density at radius 1 is 1.18 bits per heavy atom. The predicted molar refractivity (Wildman–Crippen MR) is 114 cm³/mol. The third-order valence-corrected chi connectivity index (χ3v) is 6.57. The molecule has 10 heteroatoms. The zero-order chi connectivity index (χ0) is 22.6. The molecular weight excluding hydrogens is 426 g/mol. The lowest BCUT2D eigenvalue weighted by molar-refractivity contribution is -0.209. The number of alkyl halides is 1. The van der Waals surface area contributed by atoms with Gasteiger partial charge in [0.25, 0.3) is 0 Å². The van der Waals surface area contributed by atoms with Crippen LogP contribution in [0.1, 0.15) is 36.2 Å². The second kappa shape index (κ2) is 7.15. The number of nitrogens with zero attached hydrogens (tertiary/aromatic N) is 7. The lowest BCUT2D eigenvalue weighted by Crippen LogP contribution is -2.67. The van der Waals surface area contributed by atoms with Crippen LogP contribution in [0.4, 0.5) is 8.78 Å². The van der Waals surface area contributed by atoms with E-state index < -0.39 is 11.5 Å². The van der Waals surface area contributed by atoms with Crippen molar-refractivity contribution in [2.45, 2.75) is 38.0 Å². The second-order valence-electron chi connectivity index (χ2n) is 9.28. The van der Waals surface area contributed by atoms with Crippen LogP contribution < -0.4 is 5.32 Å². The molecule has 1 N–H and O–H groups in total. The number of aromatic nitrogens is 6. The Kier molecular flexibility index (Phi) is 4.32. The molecule has 8 nitrogen and oxygen atoms in total.